The van der Waals surface area contributed by atoms with Crippen molar-refractivity contribution in [3.8, 4) is 0 Å². The Hall–Kier alpha value is -0.870. The van der Waals surface area contributed by atoms with E-state index in [0.717, 1.165) is 0 Å². The number of carboxylic acids is 1. The van der Waals surface area contributed by atoms with E-state index in [4.69, 9.17) is 28.3 Å². The number of benzene rings is 1. The van der Waals surface area contributed by atoms with E-state index in [0.29, 0.717) is 5.02 Å². The number of rotatable bonds is 2. The Labute approximate surface area is 106 Å². The average Bonchev–Trinajstić information content (AvgIpc) is 2.13. The molecule has 0 radical (unpaired) electrons. The van der Waals surface area contributed by atoms with Gasteiger partial charge in [-0.15, -0.1) is 0 Å². The van der Waals surface area contributed by atoms with Gasteiger partial charge >= 0.3 is 5.97 Å². The lowest BCUT2D eigenvalue weighted by Crippen LogP contribution is -2.54. The fourth-order valence-electron chi connectivity index (χ4n) is 2.17. The number of hydrogen-bond donors (Lipinski definition) is 1. The third-order valence-corrected chi connectivity index (χ3v) is 3.52. The molecule has 0 bridgehead atoms. The molecule has 0 unspecified atom stereocenters. The molecule has 0 spiro atoms. The van der Waals surface area contributed by atoms with Gasteiger partial charge in [0.25, 0.3) is 5.92 Å². The van der Waals surface area contributed by atoms with Crippen molar-refractivity contribution in [1.82, 2.24) is 0 Å². The van der Waals surface area contributed by atoms with Crippen LogP contribution in [0, 0.1) is 0 Å². The van der Waals surface area contributed by atoms with Gasteiger partial charge in [0, 0.05) is 22.9 Å². The van der Waals surface area contributed by atoms with Gasteiger partial charge in [0.15, 0.2) is 0 Å². The van der Waals surface area contributed by atoms with Crippen LogP contribution in [0.1, 0.15) is 18.4 Å². The van der Waals surface area contributed by atoms with Crippen LogP contribution in [0.4, 0.5) is 8.78 Å². The lowest BCUT2D eigenvalue weighted by atomic mass is 9.62. The fourth-order valence-corrected chi connectivity index (χ4v) is 2.76. The monoisotopic (exact) mass is 280 g/mol. The lowest BCUT2D eigenvalue weighted by molar-refractivity contribution is -0.174. The van der Waals surface area contributed by atoms with Gasteiger partial charge < -0.3 is 5.11 Å². The molecule has 0 atom stereocenters. The molecule has 1 aromatic rings. The first-order valence-corrected chi connectivity index (χ1v) is 5.59. The van der Waals surface area contributed by atoms with Crippen LogP contribution in [0.5, 0.6) is 0 Å². The lowest BCUT2D eigenvalue weighted by Gasteiger charge is -2.44. The van der Waals surface area contributed by atoms with Crippen LogP contribution in [0.25, 0.3) is 0 Å². The zero-order valence-electron chi connectivity index (χ0n) is 8.51. The summed E-state index contributed by atoms with van der Waals surface area (Å²) in [6, 6.07) is 4.21. The second kappa shape index (κ2) is 3.82. The maximum absolute atomic E-state index is 13.0. The fraction of sp³-hybridized carbons (Fsp3) is 0.364. The Morgan fingerprint density at radius 1 is 1.29 bits per heavy atom. The van der Waals surface area contributed by atoms with Gasteiger partial charge in [-0.2, -0.15) is 0 Å². The molecular weight excluding hydrogens is 273 g/mol. The minimum Gasteiger partial charge on any atom is -0.481 e. The molecule has 17 heavy (non-hydrogen) atoms. The predicted molar refractivity (Wildman–Crippen MR) is 60.0 cm³/mol. The Morgan fingerprint density at radius 3 is 2.29 bits per heavy atom. The molecule has 0 amide bonds. The van der Waals surface area contributed by atoms with Crippen molar-refractivity contribution in [2.75, 3.05) is 0 Å². The molecule has 92 valence electrons. The smallest absolute Gasteiger partial charge is 0.314 e. The SMILES string of the molecule is O=C(O)C1(c2ccc(Cl)cc2Cl)CC(F)(F)C1. The summed E-state index contributed by atoms with van der Waals surface area (Å²) in [6.07, 6.45) is -1.45. The highest BCUT2D eigenvalue weighted by Gasteiger charge is 2.62. The quantitative estimate of drug-likeness (QED) is 0.896. The van der Waals surface area contributed by atoms with Gasteiger partial charge in [-0.25, -0.2) is 8.78 Å². The van der Waals surface area contributed by atoms with Crippen molar-refractivity contribution in [2.45, 2.75) is 24.2 Å². The van der Waals surface area contributed by atoms with E-state index in [1.54, 1.807) is 0 Å². The summed E-state index contributed by atoms with van der Waals surface area (Å²) in [6.45, 7) is 0. The number of carbonyl (C=O) groups is 1. The Bertz CT molecular complexity index is 480. The zero-order chi connectivity index (χ0) is 12.8. The maximum Gasteiger partial charge on any atom is 0.314 e. The topological polar surface area (TPSA) is 37.3 Å². The molecule has 6 heteroatoms. The van der Waals surface area contributed by atoms with Crippen LogP contribution >= 0.6 is 23.2 Å². The van der Waals surface area contributed by atoms with Crippen molar-refractivity contribution < 1.29 is 18.7 Å². The maximum atomic E-state index is 13.0. The standard InChI is InChI=1S/C11H8Cl2F2O2/c12-6-1-2-7(8(13)3-6)10(9(16)17)4-11(14,15)5-10/h1-3H,4-5H2,(H,16,17). The van der Waals surface area contributed by atoms with E-state index in [-0.39, 0.29) is 10.6 Å². The molecule has 1 aromatic carbocycles. The highest BCUT2D eigenvalue weighted by Crippen LogP contribution is 2.55. The predicted octanol–water partition coefficient (Wildman–Crippen LogP) is 3.74. The summed E-state index contributed by atoms with van der Waals surface area (Å²) in [7, 11) is 0. The molecule has 1 aliphatic rings. The van der Waals surface area contributed by atoms with E-state index in [9.17, 15) is 13.6 Å². The summed E-state index contributed by atoms with van der Waals surface area (Å²) >= 11 is 11.6. The van der Waals surface area contributed by atoms with Gasteiger partial charge in [-0.3, -0.25) is 4.79 Å². The summed E-state index contributed by atoms with van der Waals surface area (Å²) in [5.41, 5.74) is -1.40. The molecule has 0 aliphatic heterocycles. The van der Waals surface area contributed by atoms with Crippen molar-refractivity contribution in [2.24, 2.45) is 0 Å². The summed E-state index contributed by atoms with van der Waals surface area (Å²) < 4.78 is 25.9. The van der Waals surface area contributed by atoms with E-state index in [2.05, 4.69) is 0 Å². The zero-order valence-corrected chi connectivity index (χ0v) is 10.0. The van der Waals surface area contributed by atoms with Gasteiger partial charge in [-0.1, -0.05) is 29.3 Å². The molecule has 0 aromatic heterocycles. The van der Waals surface area contributed by atoms with Crippen LogP contribution in [-0.4, -0.2) is 17.0 Å². The Morgan fingerprint density at radius 2 is 1.88 bits per heavy atom. The molecule has 2 rings (SSSR count). The van der Waals surface area contributed by atoms with Crippen molar-refractivity contribution in [3.63, 3.8) is 0 Å². The van der Waals surface area contributed by atoms with E-state index >= 15 is 0 Å². The number of halogens is 4. The molecule has 1 N–H and O–H groups in total. The Balaban J connectivity index is 2.46. The van der Waals surface area contributed by atoms with E-state index in [1.165, 1.54) is 18.2 Å². The largest absolute Gasteiger partial charge is 0.481 e. The molecule has 0 heterocycles. The molecule has 1 fully saturated rings. The highest BCUT2D eigenvalue weighted by molar-refractivity contribution is 6.35. The highest BCUT2D eigenvalue weighted by atomic mass is 35.5. The molecule has 0 saturated heterocycles. The number of hydrogen-bond acceptors (Lipinski definition) is 1. The third kappa shape index (κ3) is 2.00. The average molecular weight is 281 g/mol. The van der Waals surface area contributed by atoms with Gasteiger partial charge in [0.05, 0.1) is 0 Å². The number of carboxylic acid groups (broad SMARTS) is 1. The van der Waals surface area contributed by atoms with Crippen molar-refractivity contribution in [3.05, 3.63) is 33.8 Å². The first kappa shape index (κ1) is 12.6. The molecule has 1 saturated carbocycles. The van der Waals surface area contributed by atoms with Crippen LogP contribution < -0.4 is 0 Å². The second-order valence-electron chi connectivity index (χ2n) is 4.22. The first-order chi connectivity index (χ1) is 7.77. The second-order valence-corrected chi connectivity index (χ2v) is 5.06. The number of alkyl halides is 2. The van der Waals surface area contributed by atoms with Gasteiger partial charge in [0.2, 0.25) is 0 Å². The van der Waals surface area contributed by atoms with Gasteiger partial charge in [-0.05, 0) is 17.7 Å². The van der Waals surface area contributed by atoms with Crippen molar-refractivity contribution in [1.29, 1.82) is 0 Å². The minimum absolute atomic E-state index is 0.107. The molecular formula is C11H8Cl2F2O2. The Kier molecular flexibility index (Phi) is 2.83. The van der Waals surface area contributed by atoms with Crippen molar-refractivity contribution >= 4 is 29.2 Å². The number of aliphatic carboxylic acids is 1. The molecule has 1 aliphatic carbocycles. The van der Waals surface area contributed by atoms with Crippen LogP contribution in [0.3, 0.4) is 0 Å². The third-order valence-electron chi connectivity index (χ3n) is 2.98. The minimum atomic E-state index is -2.94. The normalized spacial score (nSPS) is 20.7. The summed E-state index contributed by atoms with van der Waals surface area (Å²) in [5.74, 6) is -4.23. The van der Waals surface area contributed by atoms with Crippen LogP contribution in [0.15, 0.2) is 18.2 Å². The summed E-state index contributed by atoms with van der Waals surface area (Å²) in [5, 5.41) is 9.58. The van der Waals surface area contributed by atoms with Crippen LogP contribution in [0.2, 0.25) is 10.0 Å². The molecule has 2 nitrogen and oxygen atoms in total. The summed E-state index contributed by atoms with van der Waals surface area (Å²) in [4.78, 5) is 11.2. The van der Waals surface area contributed by atoms with E-state index in [1.807, 2.05) is 0 Å². The first-order valence-electron chi connectivity index (χ1n) is 4.84. The van der Waals surface area contributed by atoms with E-state index < -0.39 is 30.1 Å². The van der Waals surface area contributed by atoms with Crippen LogP contribution in [-0.2, 0) is 10.2 Å². The van der Waals surface area contributed by atoms with Gasteiger partial charge in [0.1, 0.15) is 5.41 Å².